The molecule has 1 saturated heterocycles. The van der Waals surface area contributed by atoms with Gasteiger partial charge in [0.1, 0.15) is 17.7 Å². The molecule has 3 rings (SSSR count). The third kappa shape index (κ3) is 2.63. The lowest BCUT2D eigenvalue weighted by molar-refractivity contribution is -0.140. The van der Waals surface area contributed by atoms with Crippen molar-refractivity contribution in [1.29, 1.82) is 0 Å². The minimum atomic E-state index is -0.193. The molecule has 1 aromatic carbocycles. The fourth-order valence-corrected chi connectivity index (χ4v) is 2.97. The number of aromatic nitrogens is 3. The first kappa shape index (κ1) is 12.2. The first-order valence-electron chi connectivity index (χ1n) is 6.06. The first-order chi connectivity index (χ1) is 9.22. The predicted octanol–water partition coefficient (Wildman–Crippen LogP) is 2.06. The molecule has 2 aromatic rings. The van der Waals surface area contributed by atoms with E-state index in [0.717, 1.165) is 5.69 Å². The van der Waals surface area contributed by atoms with Crippen LogP contribution in [0.15, 0.2) is 41.8 Å². The summed E-state index contributed by atoms with van der Waals surface area (Å²) in [7, 11) is 0. The Labute approximate surface area is 115 Å². The Morgan fingerprint density at radius 3 is 2.84 bits per heavy atom. The summed E-state index contributed by atoms with van der Waals surface area (Å²) in [6, 6.07) is 9.75. The molecular formula is C13H13N3O2S. The van der Waals surface area contributed by atoms with Crippen molar-refractivity contribution in [1.82, 2.24) is 14.8 Å². The van der Waals surface area contributed by atoms with Gasteiger partial charge in [-0.1, -0.05) is 30.0 Å². The maximum absolute atomic E-state index is 11.6. The molecule has 0 radical (unpaired) electrons. The number of esters is 1. The highest BCUT2D eigenvalue weighted by Gasteiger charge is 2.33. The number of nitrogens with zero attached hydrogens (tertiary/aromatic N) is 3. The molecule has 1 aliphatic heterocycles. The number of para-hydroxylation sites is 1. The lowest BCUT2D eigenvalue weighted by Crippen LogP contribution is -2.09. The monoisotopic (exact) mass is 275 g/mol. The van der Waals surface area contributed by atoms with E-state index in [-0.39, 0.29) is 17.3 Å². The van der Waals surface area contributed by atoms with Crippen molar-refractivity contribution in [3.63, 3.8) is 0 Å². The third-order valence-corrected chi connectivity index (χ3v) is 3.93. The van der Waals surface area contributed by atoms with Gasteiger partial charge >= 0.3 is 5.97 Å². The lowest BCUT2D eigenvalue weighted by Gasteiger charge is -2.00. The molecule has 98 valence electrons. The van der Waals surface area contributed by atoms with Gasteiger partial charge in [-0.25, -0.2) is 9.67 Å². The minimum Gasteiger partial charge on any atom is -0.462 e. The second-order valence-electron chi connectivity index (χ2n) is 4.40. The van der Waals surface area contributed by atoms with E-state index in [9.17, 15) is 4.79 Å². The van der Waals surface area contributed by atoms with E-state index >= 15 is 0 Å². The molecule has 6 heteroatoms. The van der Waals surface area contributed by atoms with Gasteiger partial charge in [-0.15, -0.1) is 5.10 Å². The van der Waals surface area contributed by atoms with Gasteiger partial charge in [-0.3, -0.25) is 4.79 Å². The minimum absolute atomic E-state index is 0.0128. The van der Waals surface area contributed by atoms with E-state index in [0.29, 0.717) is 11.6 Å². The van der Waals surface area contributed by atoms with Crippen LogP contribution in [0.25, 0.3) is 5.69 Å². The number of hydrogen-bond donors (Lipinski definition) is 0. The van der Waals surface area contributed by atoms with Gasteiger partial charge in [-0.2, -0.15) is 0 Å². The van der Waals surface area contributed by atoms with Crippen molar-refractivity contribution < 1.29 is 9.53 Å². The molecule has 0 saturated carbocycles. The Morgan fingerprint density at radius 2 is 2.16 bits per heavy atom. The second kappa shape index (κ2) is 5.05. The topological polar surface area (TPSA) is 57.0 Å². The van der Waals surface area contributed by atoms with Gasteiger partial charge in [0.05, 0.1) is 5.69 Å². The van der Waals surface area contributed by atoms with Crippen molar-refractivity contribution in [3.05, 3.63) is 36.7 Å². The van der Waals surface area contributed by atoms with Crippen molar-refractivity contribution in [2.45, 2.75) is 29.9 Å². The van der Waals surface area contributed by atoms with Crippen LogP contribution in [0.5, 0.6) is 0 Å². The van der Waals surface area contributed by atoms with E-state index in [4.69, 9.17) is 4.74 Å². The normalized spacial score (nSPS) is 22.5. The molecule has 0 amide bonds. The van der Waals surface area contributed by atoms with Gasteiger partial charge in [0.2, 0.25) is 5.16 Å². The van der Waals surface area contributed by atoms with Crippen LogP contribution in [0, 0.1) is 0 Å². The highest BCUT2D eigenvalue weighted by atomic mass is 32.2. The standard InChI is InChI=1S/C13H13N3O2S/c1-9-7-11(12(17)18-9)19-13-14-8-16(15-13)10-5-3-2-4-6-10/h2-6,8-9,11H,7H2,1H3/t9-,11+/m1/s1. The Bertz CT molecular complexity index is 585. The third-order valence-electron chi connectivity index (χ3n) is 2.87. The van der Waals surface area contributed by atoms with E-state index < -0.39 is 0 Å². The summed E-state index contributed by atoms with van der Waals surface area (Å²) in [5, 5.41) is 4.77. The lowest BCUT2D eigenvalue weighted by atomic mass is 10.3. The maximum atomic E-state index is 11.6. The highest BCUT2D eigenvalue weighted by molar-refractivity contribution is 8.00. The number of carbonyl (C=O) groups excluding carboxylic acids is 1. The molecule has 1 fully saturated rings. The van der Waals surface area contributed by atoms with Crippen LogP contribution < -0.4 is 0 Å². The summed E-state index contributed by atoms with van der Waals surface area (Å²) in [6.45, 7) is 1.90. The van der Waals surface area contributed by atoms with Gasteiger partial charge in [-0.05, 0) is 19.1 Å². The van der Waals surface area contributed by atoms with Crippen LogP contribution in [0.4, 0.5) is 0 Å². The molecule has 5 nitrogen and oxygen atoms in total. The Kier molecular flexibility index (Phi) is 3.25. The number of benzene rings is 1. The Balaban J connectivity index is 1.74. The second-order valence-corrected chi connectivity index (χ2v) is 5.57. The zero-order valence-electron chi connectivity index (χ0n) is 10.4. The molecule has 2 atom stereocenters. The predicted molar refractivity (Wildman–Crippen MR) is 71.2 cm³/mol. The smallest absolute Gasteiger partial charge is 0.319 e. The van der Waals surface area contributed by atoms with E-state index in [1.807, 2.05) is 37.3 Å². The Hall–Kier alpha value is -1.82. The zero-order valence-corrected chi connectivity index (χ0v) is 11.2. The molecule has 2 heterocycles. The van der Waals surface area contributed by atoms with E-state index in [1.165, 1.54) is 11.8 Å². The van der Waals surface area contributed by atoms with Crippen LogP contribution >= 0.6 is 11.8 Å². The molecule has 0 spiro atoms. The van der Waals surface area contributed by atoms with Gasteiger partial charge < -0.3 is 4.74 Å². The summed E-state index contributed by atoms with van der Waals surface area (Å²) in [5.74, 6) is -0.173. The fraction of sp³-hybridized carbons (Fsp3) is 0.308. The molecule has 0 N–H and O–H groups in total. The molecule has 1 aliphatic rings. The van der Waals surface area contributed by atoms with Crippen molar-refractivity contribution in [2.24, 2.45) is 0 Å². The quantitative estimate of drug-likeness (QED) is 0.803. The van der Waals surface area contributed by atoms with Crippen LogP contribution in [0.3, 0.4) is 0 Å². The van der Waals surface area contributed by atoms with E-state index in [2.05, 4.69) is 10.1 Å². The average molecular weight is 275 g/mol. The fourth-order valence-electron chi connectivity index (χ4n) is 1.95. The van der Waals surface area contributed by atoms with Crippen molar-refractivity contribution >= 4 is 17.7 Å². The zero-order chi connectivity index (χ0) is 13.2. The van der Waals surface area contributed by atoms with Crippen LogP contribution in [-0.4, -0.2) is 32.1 Å². The number of cyclic esters (lactones) is 1. The van der Waals surface area contributed by atoms with Crippen molar-refractivity contribution in [3.8, 4) is 5.69 Å². The molecule has 0 bridgehead atoms. The Morgan fingerprint density at radius 1 is 1.37 bits per heavy atom. The number of rotatable bonds is 3. The number of carbonyl (C=O) groups is 1. The van der Waals surface area contributed by atoms with Crippen LogP contribution in [-0.2, 0) is 9.53 Å². The summed E-state index contributed by atoms with van der Waals surface area (Å²) in [4.78, 5) is 15.8. The number of thioether (sulfide) groups is 1. The van der Waals surface area contributed by atoms with Gasteiger partial charge in [0, 0.05) is 6.42 Å². The van der Waals surface area contributed by atoms with Crippen LogP contribution in [0.2, 0.25) is 0 Å². The molecule has 0 aliphatic carbocycles. The molecule has 1 aromatic heterocycles. The SMILES string of the molecule is C[C@@H]1C[C@H](Sc2ncn(-c3ccccc3)n2)C(=O)O1. The van der Waals surface area contributed by atoms with Gasteiger partial charge in [0.15, 0.2) is 0 Å². The molecular weight excluding hydrogens is 262 g/mol. The first-order valence-corrected chi connectivity index (χ1v) is 6.94. The number of hydrogen-bond acceptors (Lipinski definition) is 5. The molecule has 0 unspecified atom stereocenters. The van der Waals surface area contributed by atoms with E-state index in [1.54, 1.807) is 11.0 Å². The average Bonchev–Trinajstić information content (AvgIpc) is 2.99. The molecule has 19 heavy (non-hydrogen) atoms. The largest absolute Gasteiger partial charge is 0.462 e. The maximum Gasteiger partial charge on any atom is 0.319 e. The summed E-state index contributed by atoms with van der Waals surface area (Å²) in [6.07, 6.45) is 2.35. The summed E-state index contributed by atoms with van der Waals surface area (Å²) >= 11 is 1.36. The van der Waals surface area contributed by atoms with Crippen molar-refractivity contribution in [2.75, 3.05) is 0 Å². The van der Waals surface area contributed by atoms with Gasteiger partial charge in [0.25, 0.3) is 0 Å². The summed E-state index contributed by atoms with van der Waals surface area (Å²) < 4.78 is 6.82. The highest BCUT2D eigenvalue weighted by Crippen LogP contribution is 2.30. The number of ether oxygens (including phenoxy) is 1. The summed E-state index contributed by atoms with van der Waals surface area (Å²) in [5.41, 5.74) is 0.948. The van der Waals surface area contributed by atoms with Crippen LogP contribution in [0.1, 0.15) is 13.3 Å².